The van der Waals surface area contributed by atoms with E-state index in [0.717, 1.165) is 46.7 Å². The van der Waals surface area contributed by atoms with E-state index in [1.165, 1.54) is 5.56 Å². The highest BCUT2D eigenvalue weighted by Crippen LogP contribution is 2.38. The molecule has 0 unspecified atom stereocenters. The maximum atomic E-state index is 5.53. The molecule has 0 spiro atoms. The molecule has 20 heavy (non-hydrogen) atoms. The summed E-state index contributed by atoms with van der Waals surface area (Å²) in [5.41, 5.74) is 4.29. The van der Waals surface area contributed by atoms with Gasteiger partial charge in [0.15, 0.2) is 0 Å². The van der Waals surface area contributed by atoms with Gasteiger partial charge in [-0.2, -0.15) is 0 Å². The zero-order chi connectivity index (χ0) is 14.7. The number of nitrogens with zero attached hydrogens (tertiary/aromatic N) is 1. The van der Waals surface area contributed by atoms with Crippen molar-refractivity contribution in [2.75, 3.05) is 26.1 Å². The molecule has 0 aliphatic carbocycles. The SMILES string of the molecule is CCNc1c(C)c(CC)nc2cc(OC)cc(OC)c12. The zero-order valence-corrected chi connectivity index (χ0v) is 12.8. The molecule has 1 aromatic heterocycles. The van der Waals surface area contributed by atoms with Crippen LogP contribution in [-0.2, 0) is 6.42 Å². The van der Waals surface area contributed by atoms with Crippen molar-refractivity contribution in [3.63, 3.8) is 0 Å². The van der Waals surface area contributed by atoms with Crippen LogP contribution in [0, 0.1) is 6.92 Å². The van der Waals surface area contributed by atoms with Crippen LogP contribution in [0.4, 0.5) is 5.69 Å². The lowest BCUT2D eigenvalue weighted by atomic mass is 10.0. The Morgan fingerprint density at radius 2 is 1.90 bits per heavy atom. The van der Waals surface area contributed by atoms with E-state index in [0.29, 0.717) is 0 Å². The van der Waals surface area contributed by atoms with Crippen molar-refractivity contribution in [1.29, 1.82) is 0 Å². The molecule has 0 aliphatic rings. The third-order valence-corrected chi connectivity index (χ3v) is 3.51. The number of hydrogen-bond acceptors (Lipinski definition) is 4. The fourth-order valence-electron chi connectivity index (χ4n) is 2.50. The first-order valence-electron chi connectivity index (χ1n) is 6.95. The summed E-state index contributed by atoms with van der Waals surface area (Å²) < 4.78 is 10.9. The number of ether oxygens (including phenoxy) is 2. The smallest absolute Gasteiger partial charge is 0.134 e. The Balaban J connectivity index is 2.85. The maximum absolute atomic E-state index is 5.53. The van der Waals surface area contributed by atoms with Crippen molar-refractivity contribution in [3.05, 3.63) is 23.4 Å². The Kier molecular flexibility index (Phi) is 4.32. The number of rotatable bonds is 5. The van der Waals surface area contributed by atoms with E-state index >= 15 is 0 Å². The number of benzene rings is 1. The van der Waals surface area contributed by atoms with Gasteiger partial charge in [-0.1, -0.05) is 6.92 Å². The summed E-state index contributed by atoms with van der Waals surface area (Å²) >= 11 is 0. The van der Waals surface area contributed by atoms with Crippen molar-refractivity contribution in [2.45, 2.75) is 27.2 Å². The van der Waals surface area contributed by atoms with Gasteiger partial charge in [-0.15, -0.1) is 0 Å². The quantitative estimate of drug-likeness (QED) is 0.905. The predicted molar refractivity (Wildman–Crippen MR) is 83.1 cm³/mol. The summed E-state index contributed by atoms with van der Waals surface area (Å²) in [5.74, 6) is 1.55. The molecule has 2 aromatic rings. The van der Waals surface area contributed by atoms with Gasteiger partial charge >= 0.3 is 0 Å². The second-order valence-corrected chi connectivity index (χ2v) is 4.67. The molecule has 2 rings (SSSR count). The van der Waals surface area contributed by atoms with Crippen LogP contribution in [0.15, 0.2) is 12.1 Å². The second-order valence-electron chi connectivity index (χ2n) is 4.67. The molecule has 0 saturated heterocycles. The number of anilines is 1. The maximum Gasteiger partial charge on any atom is 0.134 e. The van der Waals surface area contributed by atoms with E-state index in [1.807, 2.05) is 12.1 Å². The molecule has 4 nitrogen and oxygen atoms in total. The van der Waals surface area contributed by atoms with E-state index in [-0.39, 0.29) is 0 Å². The van der Waals surface area contributed by atoms with Gasteiger partial charge in [-0.05, 0) is 25.8 Å². The van der Waals surface area contributed by atoms with Crippen LogP contribution < -0.4 is 14.8 Å². The third kappa shape index (κ3) is 2.38. The molecule has 0 fully saturated rings. The fraction of sp³-hybridized carbons (Fsp3) is 0.438. The predicted octanol–water partition coefficient (Wildman–Crippen LogP) is 3.55. The van der Waals surface area contributed by atoms with Crippen LogP contribution in [-0.4, -0.2) is 25.7 Å². The topological polar surface area (TPSA) is 43.4 Å². The Bertz CT molecular complexity index is 624. The molecule has 0 radical (unpaired) electrons. The lowest BCUT2D eigenvalue weighted by molar-refractivity contribution is 0.398. The second kappa shape index (κ2) is 5.99. The molecular weight excluding hydrogens is 252 g/mol. The Hall–Kier alpha value is -1.97. The first kappa shape index (κ1) is 14.4. The molecule has 0 saturated carbocycles. The van der Waals surface area contributed by atoms with Gasteiger partial charge in [0.1, 0.15) is 11.5 Å². The minimum Gasteiger partial charge on any atom is -0.497 e. The van der Waals surface area contributed by atoms with Gasteiger partial charge in [0.05, 0.1) is 30.8 Å². The minimum atomic E-state index is 0.759. The average Bonchev–Trinajstić information content (AvgIpc) is 2.48. The van der Waals surface area contributed by atoms with Gasteiger partial charge in [0.25, 0.3) is 0 Å². The van der Waals surface area contributed by atoms with Crippen molar-refractivity contribution >= 4 is 16.6 Å². The van der Waals surface area contributed by atoms with Gasteiger partial charge in [0.2, 0.25) is 0 Å². The highest BCUT2D eigenvalue weighted by Gasteiger charge is 2.15. The summed E-state index contributed by atoms with van der Waals surface area (Å²) in [4.78, 5) is 4.75. The van der Waals surface area contributed by atoms with E-state index in [2.05, 4.69) is 26.1 Å². The number of pyridine rings is 1. The van der Waals surface area contributed by atoms with Crippen molar-refractivity contribution in [2.24, 2.45) is 0 Å². The summed E-state index contributed by atoms with van der Waals surface area (Å²) in [7, 11) is 3.33. The van der Waals surface area contributed by atoms with Gasteiger partial charge in [-0.25, -0.2) is 0 Å². The molecule has 1 aromatic carbocycles. The third-order valence-electron chi connectivity index (χ3n) is 3.51. The van der Waals surface area contributed by atoms with E-state index in [1.54, 1.807) is 14.2 Å². The molecule has 1 heterocycles. The van der Waals surface area contributed by atoms with Gasteiger partial charge < -0.3 is 14.8 Å². The molecule has 0 atom stereocenters. The lowest BCUT2D eigenvalue weighted by Gasteiger charge is -2.17. The van der Waals surface area contributed by atoms with Gasteiger partial charge in [-0.3, -0.25) is 4.98 Å². The Morgan fingerprint density at radius 1 is 1.15 bits per heavy atom. The number of hydrogen-bond donors (Lipinski definition) is 1. The Labute approximate surface area is 120 Å². The summed E-state index contributed by atoms with van der Waals surface area (Å²) in [6.07, 6.45) is 0.902. The molecule has 4 heteroatoms. The van der Waals surface area contributed by atoms with Crippen LogP contribution in [0.1, 0.15) is 25.1 Å². The first-order valence-corrected chi connectivity index (χ1v) is 6.95. The number of aryl methyl sites for hydroxylation is 1. The van der Waals surface area contributed by atoms with Crippen LogP contribution >= 0.6 is 0 Å². The fourth-order valence-corrected chi connectivity index (χ4v) is 2.50. The van der Waals surface area contributed by atoms with E-state index in [4.69, 9.17) is 14.5 Å². The van der Waals surface area contributed by atoms with E-state index < -0.39 is 0 Å². The summed E-state index contributed by atoms with van der Waals surface area (Å²) in [5, 5.41) is 4.46. The van der Waals surface area contributed by atoms with Crippen molar-refractivity contribution in [1.82, 2.24) is 4.98 Å². The Morgan fingerprint density at radius 3 is 2.45 bits per heavy atom. The number of fused-ring (bicyclic) bond motifs is 1. The monoisotopic (exact) mass is 274 g/mol. The van der Waals surface area contributed by atoms with E-state index in [9.17, 15) is 0 Å². The van der Waals surface area contributed by atoms with Crippen LogP contribution in [0.5, 0.6) is 11.5 Å². The zero-order valence-electron chi connectivity index (χ0n) is 12.8. The lowest BCUT2D eigenvalue weighted by Crippen LogP contribution is -2.05. The molecular formula is C16H22N2O2. The summed E-state index contributed by atoms with van der Waals surface area (Å²) in [6.45, 7) is 7.17. The standard InChI is InChI=1S/C16H22N2O2/c1-6-12-10(3)16(17-7-2)15-13(18-12)8-11(19-4)9-14(15)20-5/h8-9H,6-7H2,1-5H3,(H,17,18). The normalized spacial score (nSPS) is 10.7. The molecule has 108 valence electrons. The van der Waals surface area contributed by atoms with Crippen molar-refractivity contribution < 1.29 is 9.47 Å². The summed E-state index contributed by atoms with van der Waals surface area (Å²) in [6, 6.07) is 3.85. The number of methoxy groups -OCH3 is 2. The average molecular weight is 274 g/mol. The highest BCUT2D eigenvalue weighted by molar-refractivity contribution is 5.99. The van der Waals surface area contributed by atoms with Crippen LogP contribution in [0.25, 0.3) is 10.9 Å². The number of aromatic nitrogens is 1. The minimum absolute atomic E-state index is 0.759. The van der Waals surface area contributed by atoms with Crippen LogP contribution in [0.3, 0.4) is 0 Å². The molecule has 1 N–H and O–H groups in total. The number of nitrogens with one attached hydrogen (secondary N) is 1. The molecule has 0 amide bonds. The molecule has 0 bridgehead atoms. The van der Waals surface area contributed by atoms with Gasteiger partial charge in [0, 0.05) is 24.4 Å². The van der Waals surface area contributed by atoms with Crippen LogP contribution in [0.2, 0.25) is 0 Å². The highest BCUT2D eigenvalue weighted by atomic mass is 16.5. The largest absolute Gasteiger partial charge is 0.497 e. The van der Waals surface area contributed by atoms with Crippen molar-refractivity contribution in [3.8, 4) is 11.5 Å². The molecule has 0 aliphatic heterocycles. The first-order chi connectivity index (χ1) is 9.65.